The molecule has 0 spiro atoms. The Labute approximate surface area is 121 Å². The van der Waals surface area contributed by atoms with Crippen molar-refractivity contribution in [2.45, 2.75) is 13.3 Å². The van der Waals surface area contributed by atoms with Gasteiger partial charge in [-0.05, 0) is 30.6 Å². The van der Waals surface area contributed by atoms with Gasteiger partial charge in [-0.25, -0.2) is 0 Å². The van der Waals surface area contributed by atoms with E-state index in [1.807, 2.05) is 13.1 Å². The first-order valence-corrected chi connectivity index (χ1v) is 6.85. The molecule has 2 atom stereocenters. The number of hydrogen-bond donors (Lipinski definition) is 2. The van der Waals surface area contributed by atoms with Gasteiger partial charge in [-0.15, -0.1) is 0 Å². The van der Waals surface area contributed by atoms with Crippen molar-refractivity contribution in [3.63, 3.8) is 0 Å². The molecular weight excluding hydrogens is 274 g/mol. The molecule has 0 radical (unpaired) electrons. The van der Waals surface area contributed by atoms with Gasteiger partial charge in [-0.1, -0.05) is 6.92 Å². The van der Waals surface area contributed by atoms with Crippen molar-refractivity contribution >= 4 is 23.8 Å². The van der Waals surface area contributed by atoms with Crippen LogP contribution in [0.5, 0.6) is 0 Å². The fraction of sp³-hybridized carbons (Fsp3) is 0.385. The van der Waals surface area contributed by atoms with Crippen LogP contribution in [0.2, 0.25) is 0 Å². The standard InChI is InChI=1S/C13H15N5OS/c1-7-3-10(7)12(19)15-9-4-8(5-14-6-9)11-16-17-13(20)18(11)2/h4-7,10H,3H2,1-2H3,(H,15,19)(H,17,20)/t7-,10-/m0/s1. The monoisotopic (exact) mass is 289 g/mol. The molecule has 3 rings (SSSR count). The molecule has 0 aromatic carbocycles. The zero-order valence-corrected chi connectivity index (χ0v) is 12.1. The van der Waals surface area contributed by atoms with E-state index in [2.05, 4.69) is 27.4 Å². The summed E-state index contributed by atoms with van der Waals surface area (Å²) >= 11 is 5.09. The molecule has 7 heteroatoms. The highest BCUT2D eigenvalue weighted by atomic mass is 32.1. The van der Waals surface area contributed by atoms with Crippen LogP contribution in [-0.2, 0) is 11.8 Å². The van der Waals surface area contributed by atoms with E-state index < -0.39 is 0 Å². The van der Waals surface area contributed by atoms with E-state index in [4.69, 9.17) is 12.2 Å². The third-order valence-electron chi connectivity index (χ3n) is 3.59. The number of amides is 1. The van der Waals surface area contributed by atoms with Crippen LogP contribution in [0.3, 0.4) is 0 Å². The Hall–Kier alpha value is -2.02. The normalized spacial score (nSPS) is 20.7. The average Bonchev–Trinajstić information content (AvgIpc) is 3.07. The molecular formula is C13H15N5OS. The van der Waals surface area contributed by atoms with Crippen LogP contribution in [0.25, 0.3) is 11.4 Å². The molecule has 0 aliphatic heterocycles. The topological polar surface area (TPSA) is 75.6 Å². The molecule has 0 bridgehead atoms. The summed E-state index contributed by atoms with van der Waals surface area (Å²) in [5.74, 6) is 1.38. The number of H-pyrrole nitrogens is 1. The van der Waals surface area contributed by atoms with Crippen LogP contribution >= 0.6 is 12.2 Å². The van der Waals surface area contributed by atoms with Crippen molar-refractivity contribution in [2.75, 3.05) is 5.32 Å². The Kier molecular flexibility index (Phi) is 3.13. The van der Waals surface area contributed by atoms with Gasteiger partial charge in [0.05, 0.1) is 11.9 Å². The molecule has 1 amide bonds. The number of nitrogens with one attached hydrogen (secondary N) is 2. The van der Waals surface area contributed by atoms with Gasteiger partial charge in [0, 0.05) is 24.7 Å². The third-order valence-corrected chi connectivity index (χ3v) is 3.96. The highest BCUT2D eigenvalue weighted by Gasteiger charge is 2.39. The zero-order valence-electron chi connectivity index (χ0n) is 11.3. The number of rotatable bonds is 3. The van der Waals surface area contributed by atoms with E-state index in [0.29, 0.717) is 22.2 Å². The second-order valence-corrected chi connectivity index (χ2v) is 5.57. The van der Waals surface area contributed by atoms with E-state index in [9.17, 15) is 4.79 Å². The van der Waals surface area contributed by atoms with E-state index in [0.717, 1.165) is 12.0 Å². The third kappa shape index (κ3) is 2.36. The van der Waals surface area contributed by atoms with E-state index >= 15 is 0 Å². The van der Waals surface area contributed by atoms with Gasteiger partial charge >= 0.3 is 0 Å². The molecule has 0 saturated heterocycles. The van der Waals surface area contributed by atoms with Gasteiger partial charge in [0.1, 0.15) is 0 Å². The number of hydrogen-bond acceptors (Lipinski definition) is 4. The molecule has 6 nitrogen and oxygen atoms in total. The summed E-state index contributed by atoms with van der Waals surface area (Å²) in [7, 11) is 1.83. The van der Waals surface area contributed by atoms with Gasteiger partial charge in [0.2, 0.25) is 5.91 Å². The van der Waals surface area contributed by atoms with Gasteiger partial charge in [-0.3, -0.25) is 14.9 Å². The number of aromatic amines is 1. The minimum Gasteiger partial charge on any atom is -0.324 e. The zero-order chi connectivity index (χ0) is 14.3. The lowest BCUT2D eigenvalue weighted by atomic mass is 10.2. The summed E-state index contributed by atoms with van der Waals surface area (Å²) in [5.41, 5.74) is 1.49. The quantitative estimate of drug-likeness (QED) is 0.849. The molecule has 104 valence electrons. The smallest absolute Gasteiger partial charge is 0.227 e. The van der Waals surface area contributed by atoms with Crippen LogP contribution in [0, 0.1) is 16.6 Å². The highest BCUT2D eigenvalue weighted by molar-refractivity contribution is 7.71. The molecule has 1 saturated carbocycles. The van der Waals surface area contributed by atoms with Gasteiger partial charge in [0.15, 0.2) is 10.6 Å². The number of anilines is 1. The minimum atomic E-state index is 0.0619. The van der Waals surface area contributed by atoms with Crippen LogP contribution < -0.4 is 5.32 Å². The summed E-state index contributed by atoms with van der Waals surface area (Å²) in [5, 5.41) is 9.78. The van der Waals surface area contributed by atoms with Crippen molar-refractivity contribution in [3.05, 3.63) is 23.2 Å². The second-order valence-electron chi connectivity index (χ2n) is 5.18. The molecule has 2 heterocycles. The summed E-state index contributed by atoms with van der Waals surface area (Å²) in [6.07, 6.45) is 4.29. The van der Waals surface area contributed by atoms with Crippen LogP contribution in [0.4, 0.5) is 5.69 Å². The number of nitrogens with zero attached hydrogens (tertiary/aromatic N) is 3. The summed E-state index contributed by atoms with van der Waals surface area (Å²) in [4.78, 5) is 16.1. The predicted octanol–water partition coefficient (Wildman–Crippen LogP) is 2.13. The van der Waals surface area contributed by atoms with Gasteiger partial charge in [0.25, 0.3) is 0 Å². The lowest BCUT2D eigenvalue weighted by Gasteiger charge is -2.06. The van der Waals surface area contributed by atoms with Gasteiger partial charge in [-0.2, -0.15) is 5.10 Å². The molecule has 2 aromatic rings. The molecule has 0 unspecified atom stereocenters. The molecule has 1 aliphatic carbocycles. The molecule has 1 fully saturated rings. The van der Waals surface area contributed by atoms with Crippen LogP contribution in [-0.4, -0.2) is 25.7 Å². The molecule has 2 N–H and O–H groups in total. The van der Waals surface area contributed by atoms with Crippen molar-refractivity contribution < 1.29 is 4.79 Å². The number of pyridine rings is 1. The van der Waals surface area contributed by atoms with E-state index in [1.165, 1.54) is 0 Å². The first-order valence-electron chi connectivity index (χ1n) is 6.44. The first kappa shape index (κ1) is 13.0. The molecule has 20 heavy (non-hydrogen) atoms. The van der Waals surface area contributed by atoms with Crippen LogP contribution in [0.15, 0.2) is 18.5 Å². The molecule has 1 aliphatic rings. The maximum absolute atomic E-state index is 11.9. The molecule has 2 aromatic heterocycles. The van der Waals surface area contributed by atoms with Crippen molar-refractivity contribution in [1.29, 1.82) is 0 Å². The van der Waals surface area contributed by atoms with Crippen molar-refractivity contribution in [1.82, 2.24) is 19.7 Å². The Morgan fingerprint density at radius 1 is 1.55 bits per heavy atom. The Morgan fingerprint density at radius 3 is 2.90 bits per heavy atom. The predicted molar refractivity (Wildman–Crippen MR) is 77.5 cm³/mol. The lowest BCUT2D eigenvalue weighted by molar-refractivity contribution is -0.117. The first-order chi connectivity index (χ1) is 9.56. The fourth-order valence-electron chi connectivity index (χ4n) is 2.16. The Balaban J connectivity index is 1.84. The highest BCUT2D eigenvalue weighted by Crippen LogP contribution is 2.38. The van der Waals surface area contributed by atoms with Crippen molar-refractivity contribution in [3.8, 4) is 11.4 Å². The van der Waals surface area contributed by atoms with E-state index in [1.54, 1.807) is 17.0 Å². The van der Waals surface area contributed by atoms with Crippen LogP contribution in [0.1, 0.15) is 13.3 Å². The maximum Gasteiger partial charge on any atom is 0.227 e. The van der Waals surface area contributed by atoms with Crippen molar-refractivity contribution in [2.24, 2.45) is 18.9 Å². The lowest BCUT2D eigenvalue weighted by Crippen LogP contribution is -2.14. The second kappa shape index (κ2) is 4.82. The maximum atomic E-state index is 11.9. The fourth-order valence-corrected chi connectivity index (χ4v) is 2.29. The Morgan fingerprint density at radius 2 is 2.30 bits per heavy atom. The summed E-state index contributed by atoms with van der Waals surface area (Å²) < 4.78 is 2.31. The Bertz CT molecular complexity index is 720. The number of carbonyl (C=O) groups excluding carboxylic acids is 1. The number of carbonyl (C=O) groups is 1. The summed E-state index contributed by atoms with van der Waals surface area (Å²) in [6.45, 7) is 2.08. The summed E-state index contributed by atoms with van der Waals surface area (Å²) in [6, 6.07) is 1.85. The largest absolute Gasteiger partial charge is 0.324 e. The SMILES string of the molecule is C[C@H]1C[C@@H]1C(=O)Nc1cncc(-c2n[nH]c(=S)n2C)c1. The van der Waals surface area contributed by atoms with E-state index in [-0.39, 0.29) is 11.8 Å². The van der Waals surface area contributed by atoms with Gasteiger partial charge < -0.3 is 9.88 Å². The average molecular weight is 289 g/mol. The minimum absolute atomic E-state index is 0.0619. The number of aromatic nitrogens is 4.